The van der Waals surface area contributed by atoms with Crippen molar-refractivity contribution < 1.29 is 0 Å². The standard InChI is InChI=1S/C21H20N4/c22-13-17-12-21(19-8-4-5-9-20(19)24-17)23-14-16-10-11-25(15-16)18-6-2-1-3-7-18/h1-9,12,16H,10-11,14-15H2,(H,23,24). The van der Waals surface area contributed by atoms with E-state index in [1.54, 1.807) is 0 Å². The first-order chi connectivity index (χ1) is 12.3. The first kappa shape index (κ1) is 15.5. The first-order valence-corrected chi connectivity index (χ1v) is 8.67. The average Bonchev–Trinajstić information content (AvgIpc) is 3.15. The van der Waals surface area contributed by atoms with Crippen LogP contribution in [0.25, 0.3) is 10.9 Å². The zero-order valence-electron chi connectivity index (χ0n) is 14.0. The molecule has 0 radical (unpaired) electrons. The Hall–Kier alpha value is -3.06. The fourth-order valence-electron chi connectivity index (χ4n) is 3.51. The van der Waals surface area contributed by atoms with Gasteiger partial charge in [-0.3, -0.25) is 0 Å². The van der Waals surface area contributed by atoms with Crippen molar-refractivity contribution in [3.8, 4) is 6.07 Å². The zero-order valence-corrected chi connectivity index (χ0v) is 14.0. The smallest absolute Gasteiger partial charge is 0.143 e. The molecule has 1 saturated heterocycles. The van der Waals surface area contributed by atoms with E-state index >= 15 is 0 Å². The summed E-state index contributed by atoms with van der Waals surface area (Å²) in [4.78, 5) is 6.82. The van der Waals surface area contributed by atoms with Crippen molar-refractivity contribution in [2.75, 3.05) is 29.9 Å². The van der Waals surface area contributed by atoms with Gasteiger partial charge in [0.05, 0.1) is 5.52 Å². The van der Waals surface area contributed by atoms with Gasteiger partial charge in [0.1, 0.15) is 11.8 Å². The van der Waals surface area contributed by atoms with Gasteiger partial charge in [-0.2, -0.15) is 5.26 Å². The molecule has 1 fully saturated rings. The van der Waals surface area contributed by atoms with Crippen molar-refractivity contribution in [3.63, 3.8) is 0 Å². The molecular weight excluding hydrogens is 308 g/mol. The number of nitriles is 1. The van der Waals surface area contributed by atoms with Crippen LogP contribution < -0.4 is 10.2 Å². The predicted molar refractivity (Wildman–Crippen MR) is 102 cm³/mol. The lowest BCUT2D eigenvalue weighted by molar-refractivity contribution is 0.623. The van der Waals surface area contributed by atoms with Gasteiger partial charge in [-0.15, -0.1) is 0 Å². The van der Waals surface area contributed by atoms with Crippen molar-refractivity contribution in [3.05, 3.63) is 66.4 Å². The second kappa shape index (κ2) is 6.82. The van der Waals surface area contributed by atoms with E-state index in [1.807, 2.05) is 24.3 Å². The van der Waals surface area contributed by atoms with Crippen LogP contribution in [0.15, 0.2) is 60.7 Å². The predicted octanol–water partition coefficient (Wildman–Crippen LogP) is 4.04. The third-order valence-electron chi connectivity index (χ3n) is 4.82. The van der Waals surface area contributed by atoms with Gasteiger partial charge in [-0.25, -0.2) is 4.98 Å². The molecule has 2 heterocycles. The average molecular weight is 328 g/mol. The highest BCUT2D eigenvalue weighted by molar-refractivity contribution is 5.91. The Morgan fingerprint density at radius 2 is 1.92 bits per heavy atom. The molecule has 1 aromatic heterocycles. The maximum Gasteiger partial charge on any atom is 0.143 e. The second-order valence-electron chi connectivity index (χ2n) is 6.50. The van der Waals surface area contributed by atoms with E-state index in [-0.39, 0.29) is 0 Å². The van der Waals surface area contributed by atoms with E-state index in [4.69, 9.17) is 0 Å². The molecule has 0 aliphatic carbocycles. The summed E-state index contributed by atoms with van der Waals surface area (Å²) in [6, 6.07) is 22.6. The number of anilines is 2. The van der Waals surface area contributed by atoms with E-state index in [0.29, 0.717) is 11.6 Å². The summed E-state index contributed by atoms with van der Waals surface area (Å²) in [7, 11) is 0. The van der Waals surface area contributed by atoms with Crippen LogP contribution in [-0.2, 0) is 0 Å². The molecule has 1 aliphatic rings. The lowest BCUT2D eigenvalue weighted by Gasteiger charge is -2.19. The van der Waals surface area contributed by atoms with Crippen molar-refractivity contribution in [1.82, 2.24) is 4.98 Å². The topological polar surface area (TPSA) is 52.0 Å². The van der Waals surface area contributed by atoms with Gasteiger partial charge in [0.15, 0.2) is 0 Å². The molecule has 0 spiro atoms. The number of benzene rings is 2. The van der Waals surface area contributed by atoms with Gasteiger partial charge < -0.3 is 10.2 Å². The van der Waals surface area contributed by atoms with Crippen molar-refractivity contribution in [2.24, 2.45) is 5.92 Å². The molecule has 25 heavy (non-hydrogen) atoms. The SMILES string of the molecule is N#Cc1cc(NCC2CCN(c3ccccc3)C2)c2ccccc2n1. The minimum absolute atomic E-state index is 0.457. The number of aromatic nitrogens is 1. The molecule has 3 aromatic rings. The normalized spacial score (nSPS) is 16.8. The molecule has 1 atom stereocenters. The fraction of sp³-hybridized carbons (Fsp3) is 0.238. The van der Waals surface area contributed by atoms with Crippen molar-refractivity contribution >= 4 is 22.3 Å². The summed E-state index contributed by atoms with van der Waals surface area (Å²) in [6.45, 7) is 3.06. The summed E-state index contributed by atoms with van der Waals surface area (Å²) in [5.41, 5.74) is 3.62. The third-order valence-corrected chi connectivity index (χ3v) is 4.82. The summed E-state index contributed by atoms with van der Waals surface area (Å²) >= 11 is 0. The van der Waals surface area contributed by atoms with Gasteiger partial charge in [-0.05, 0) is 36.6 Å². The number of pyridine rings is 1. The van der Waals surface area contributed by atoms with Crippen LogP contribution in [0.5, 0.6) is 0 Å². The Bertz CT molecular complexity index is 914. The number of para-hydroxylation sites is 2. The lowest BCUT2D eigenvalue weighted by atomic mass is 10.1. The maximum atomic E-state index is 9.22. The van der Waals surface area contributed by atoms with Crippen LogP contribution in [-0.4, -0.2) is 24.6 Å². The molecule has 1 unspecified atom stereocenters. The third kappa shape index (κ3) is 3.27. The number of nitrogens with zero attached hydrogens (tertiary/aromatic N) is 3. The Kier molecular flexibility index (Phi) is 4.22. The van der Waals surface area contributed by atoms with Crippen LogP contribution in [0, 0.1) is 17.2 Å². The second-order valence-corrected chi connectivity index (χ2v) is 6.50. The molecule has 4 heteroatoms. The first-order valence-electron chi connectivity index (χ1n) is 8.67. The highest BCUT2D eigenvalue weighted by Crippen LogP contribution is 2.26. The molecule has 0 bridgehead atoms. The molecule has 0 amide bonds. The van der Waals surface area contributed by atoms with E-state index in [0.717, 1.165) is 36.2 Å². The van der Waals surface area contributed by atoms with Crippen molar-refractivity contribution in [2.45, 2.75) is 6.42 Å². The Balaban J connectivity index is 1.47. The fourth-order valence-corrected chi connectivity index (χ4v) is 3.51. The molecule has 4 rings (SSSR count). The largest absolute Gasteiger partial charge is 0.384 e. The molecule has 2 aromatic carbocycles. The summed E-state index contributed by atoms with van der Waals surface area (Å²) in [5.74, 6) is 0.595. The van der Waals surface area contributed by atoms with Crippen LogP contribution in [0.4, 0.5) is 11.4 Å². The minimum atomic E-state index is 0.457. The van der Waals surface area contributed by atoms with Crippen LogP contribution in [0.1, 0.15) is 12.1 Å². The minimum Gasteiger partial charge on any atom is -0.384 e. The Morgan fingerprint density at radius 1 is 1.12 bits per heavy atom. The van der Waals surface area contributed by atoms with E-state index < -0.39 is 0 Å². The summed E-state index contributed by atoms with van der Waals surface area (Å²) < 4.78 is 0. The molecule has 0 saturated carbocycles. The lowest BCUT2D eigenvalue weighted by Crippen LogP contribution is -2.22. The maximum absolute atomic E-state index is 9.22. The van der Waals surface area contributed by atoms with Crippen LogP contribution in [0.2, 0.25) is 0 Å². The zero-order chi connectivity index (χ0) is 17.1. The quantitative estimate of drug-likeness (QED) is 0.785. The van der Waals surface area contributed by atoms with Gasteiger partial charge in [-0.1, -0.05) is 36.4 Å². The van der Waals surface area contributed by atoms with E-state index in [2.05, 4.69) is 57.7 Å². The van der Waals surface area contributed by atoms with Crippen LogP contribution in [0.3, 0.4) is 0 Å². The number of rotatable bonds is 4. The molecule has 1 aliphatic heterocycles. The molecular formula is C21H20N4. The molecule has 4 nitrogen and oxygen atoms in total. The number of nitrogens with one attached hydrogen (secondary N) is 1. The summed E-state index contributed by atoms with van der Waals surface area (Å²) in [5, 5.41) is 13.8. The number of hydrogen-bond donors (Lipinski definition) is 1. The van der Waals surface area contributed by atoms with E-state index in [1.165, 1.54) is 12.1 Å². The molecule has 1 N–H and O–H groups in total. The van der Waals surface area contributed by atoms with Gasteiger partial charge >= 0.3 is 0 Å². The molecule has 124 valence electrons. The van der Waals surface area contributed by atoms with E-state index in [9.17, 15) is 5.26 Å². The Morgan fingerprint density at radius 3 is 2.76 bits per heavy atom. The van der Waals surface area contributed by atoms with Crippen molar-refractivity contribution in [1.29, 1.82) is 5.26 Å². The van der Waals surface area contributed by atoms with Gasteiger partial charge in [0.25, 0.3) is 0 Å². The summed E-state index contributed by atoms with van der Waals surface area (Å²) in [6.07, 6.45) is 1.18. The van der Waals surface area contributed by atoms with Gasteiger partial charge in [0, 0.05) is 36.4 Å². The highest BCUT2D eigenvalue weighted by atomic mass is 15.2. The van der Waals surface area contributed by atoms with Crippen LogP contribution >= 0.6 is 0 Å². The monoisotopic (exact) mass is 328 g/mol. The van der Waals surface area contributed by atoms with Gasteiger partial charge in [0.2, 0.25) is 0 Å². The highest BCUT2D eigenvalue weighted by Gasteiger charge is 2.22. The number of fused-ring (bicyclic) bond motifs is 1. The number of hydrogen-bond acceptors (Lipinski definition) is 4. The Labute approximate surface area is 147 Å².